The van der Waals surface area contributed by atoms with Crippen LogP contribution < -0.4 is 10.6 Å². The van der Waals surface area contributed by atoms with Crippen LogP contribution in [-0.4, -0.2) is 11.8 Å². The van der Waals surface area contributed by atoms with Crippen LogP contribution in [-0.2, 0) is 9.59 Å². The largest absolute Gasteiger partial charge is 0.326 e. The fourth-order valence-electron chi connectivity index (χ4n) is 3.50. The summed E-state index contributed by atoms with van der Waals surface area (Å²) in [6.07, 6.45) is 2.37. The molecule has 0 bridgehead atoms. The van der Waals surface area contributed by atoms with Gasteiger partial charge in [-0.15, -0.1) is 11.8 Å². The Hall–Kier alpha value is -3.05. The van der Waals surface area contributed by atoms with Crippen molar-refractivity contribution in [2.45, 2.75) is 50.2 Å². The number of aryl methyl sites for hydroxylation is 2. The second-order valence-electron chi connectivity index (χ2n) is 7.95. The second kappa shape index (κ2) is 11.5. The van der Waals surface area contributed by atoms with Crippen molar-refractivity contribution < 1.29 is 9.59 Å². The van der Waals surface area contributed by atoms with E-state index in [1.165, 1.54) is 11.8 Å². The molecule has 0 fully saturated rings. The van der Waals surface area contributed by atoms with Gasteiger partial charge in [0.2, 0.25) is 11.8 Å². The summed E-state index contributed by atoms with van der Waals surface area (Å²) >= 11 is 1.47. The van der Waals surface area contributed by atoms with Crippen LogP contribution in [0.1, 0.15) is 48.1 Å². The molecule has 1 unspecified atom stereocenters. The predicted molar refractivity (Wildman–Crippen MR) is 134 cm³/mol. The maximum Gasteiger partial charge on any atom is 0.242 e. The number of nitrogens with one attached hydrogen (secondary N) is 2. The van der Waals surface area contributed by atoms with Crippen LogP contribution in [0, 0.1) is 13.8 Å². The number of anilines is 2. The number of hydrogen-bond donors (Lipinski definition) is 2. The van der Waals surface area contributed by atoms with E-state index >= 15 is 0 Å². The third kappa shape index (κ3) is 6.99. The predicted octanol–water partition coefficient (Wildman–Crippen LogP) is 6.90. The zero-order chi connectivity index (χ0) is 22.9. The highest BCUT2D eigenvalue weighted by atomic mass is 32.2. The zero-order valence-electron chi connectivity index (χ0n) is 18.9. The van der Waals surface area contributed by atoms with Crippen molar-refractivity contribution in [2.24, 2.45) is 0 Å². The Morgan fingerprint density at radius 3 is 2.25 bits per heavy atom. The molecule has 4 nitrogen and oxygen atoms in total. The number of hydrogen-bond acceptors (Lipinski definition) is 3. The van der Waals surface area contributed by atoms with Gasteiger partial charge in [0.25, 0.3) is 0 Å². The summed E-state index contributed by atoms with van der Waals surface area (Å²) in [6.45, 7) is 6.11. The number of unbranched alkanes of at least 4 members (excludes halogenated alkanes) is 1. The Morgan fingerprint density at radius 1 is 0.844 bits per heavy atom. The Morgan fingerprint density at radius 2 is 1.56 bits per heavy atom. The van der Waals surface area contributed by atoms with Crippen LogP contribution in [0.2, 0.25) is 0 Å². The van der Waals surface area contributed by atoms with Gasteiger partial charge in [0.1, 0.15) is 5.25 Å². The molecule has 0 aliphatic rings. The minimum Gasteiger partial charge on any atom is -0.326 e. The van der Waals surface area contributed by atoms with Crippen LogP contribution in [0.5, 0.6) is 0 Å². The van der Waals surface area contributed by atoms with Gasteiger partial charge in [0.15, 0.2) is 0 Å². The van der Waals surface area contributed by atoms with Crippen LogP contribution >= 0.6 is 11.8 Å². The molecule has 0 aliphatic heterocycles. The van der Waals surface area contributed by atoms with E-state index in [0.29, 0.717) is 6.42 Å². The van der Waals surface area contributed by atoms with Crippen molar-refractivity contribution in [3.63, 3.8) is 0 Å². The normalized spacial score (nSPS) is 11.6. The lowest BCUT2D eigenvalue weighted by Crippen LogP contribution is -2.19. The number of amides is 2. The molecule has 0 saturated carbocycles. The standard InChI is InChI=1S/C27H30N2O2S/c1-4-5-14-25(30)28-22-12-9-13-24(18-22)32-26(21-10-7-6-8-11-21)27(31)29-23-16-19(2)15-20(3)17-23/h6-13,15-18,26H,4-5,14H2,1-3H3,(H,28,30)(H,29,31). The highest BCUT2D eigenvalue weighted by molar-refractivity contribution is 8.00. The smallest absolute Gasteiger partial charge is 0.242 e. The van der Waals surface area contributed by atoms with Crippen molar-refractivity contribution in [3.8, 4) is 0 Å². The molecule has 166 valence electrons. The van der Waals surface area contributed by atoms with E-state index in [0.717, 1.165) is 45.8 Å². The number of benzene rings is 3. The SMILES string of the molecule is CCCCC(=O)Nc1cccc(SC(C(=O)Nc2cc(C)cc(C)c2)c2ccccc2)c1. The van der Waals surface area contributed by atoms with Gasteiger partial charge in [0.05, 0.1) is 0 Å². The van der Waals surface area contributed by atoms with Crippen LogP contribution in [0.15, 0.2) is 77.7 Å². The number of thioether (sulfide) groups is 1. The quantitative estimate of drug-likeness (QED) is 0.351. The minimum absolute atomic E-state index is 0.0150. The van der Waals surface area contributed by atoms with Crippen molar-refractivity contribution in [1.29, 1.82) is 0 Å². The highest BCUT2D eigenvalue weighted by Gasteiger charge is 2.22. The number of carbonyl (C=O) groups is 2. The summed E-state index contributed by atoms with van der Waals surface area (Å²) in [5, 5.41) is 5.61. The first-order valence-corrected chi connectivity index (χ1v) is 11.8. The topological polar surface area (TPSA) is 58.2 Å². The molecule has 0 radical (unpaired) electrons. The second-order valence-corrected chi connectivity index (χ2v) is 9.13. The van der Waals surface area contributed by atoms with Crippen molar-refractivity contribution in [3.05, 3.63) is 89.5 Å². The maximum absolute atomic E-state index is 13.3. The third-order valence-electron chi connectivity index (χ3n) is 4.96. The summed E-state index contributed by atoms with van der Waals surface area (Å²) in [7, 11) is 0. The molecule has 0 aliphatic carbocycles. The van der Waals surface area contributed by atoms with E-state index in [2.05, 4.69) is 23.6 Å². The molecule has 5 heteroatoms. The Labute approximate surface area is 194 Å². The molecule has 3 aromatic carbocycles. The Kier molecular flexibility index (Phi) is 8.51. The van der Waals surface area contributed by atoms with E-state index < -0.39 is 5.25 Å². The molecular weight excluding hydrogens is 416 g/mol. The maximum atomic E-state index is 13.3. The molecule has 1 atom stereocenters. The van der Waals surface area contributed by atoms with Gasteiger partial charge in [-0.2, -0.15) is 0 Å². The lowest BCUT2D eigenvalue weighted by atomic mass is 10.1. The average molecular weight is 447 g/mol. The van der Waals surface area contributed by atoms with E-state index in [4.69, 9.17) is 0 Å². The summed E-state index contributed by atoms with van der Waals surface area (Å²) in [5.74, 6) is -0.0650. The molecule has 2 amide bonds. The monoisotopic (exact) mass is 446 g/mol. The number of rotatable bonds is 9. The highest BCUT2D eigenvalue weighted by Crippen LogP contribution is 2.37. The Bertz CT molecular complexity index is 1050. The molecular formula is C27H30N2O2S. The molecule has 3 rings (SSSR count). The lowest BCUT2D eigenvalue weighted by Gasteiger charge is -2.18. The summed E-state index contributed by atoms with van der Waals surface area (Å²) in [6, 6.07) is 23.5. The first-order chi connectivity index (χ1) is 15.4. The Balaban J connectivity index is 1.80. The third-order valence-corrected chi connectivity index (χ3v) is 6.21. The van der Waals surface area contributed by atoms with E-state index in [-0.39, 0.29) is 11.8 Å². The van der Waals surface area contributed by atoms with Gasteiger partial charge in [0, 0.05) is 22.7 Å². The molecule has 0 spiro atoms. The van der Waals surface area contributed by atoms with Gasteiger partial charge >= 0.3 is 0 Å². The van der Waals surface area contributed by atoms with Crippen molar-refractivity contribution >= 4 is 35.0 Å². The van der Waals surface area contributed by atoms with Gasteiger partial charge in [-0.3, -0.25) is 9.59 Å². The molecule has 3 aromatic rings. The van der Waals surface area contributed by atoms with Gasteiger partial charge < -0.3 is 10.6 Å². The summed E-state index contributed by atoms with van der Waals surface area (Å²) < 4.78 is 0. The fraction of sp³-hybridized carbons (Fsp3) is 0.259. The van der Waals surface area contributed by atoms with E-state index in [1.54, 1.807) is 0 Å². The van der Waals surface area contributed by atoms with Crippen LogP contribution in [0.4, 0.5) is 11.4 Å². The number of carbonyl (C=O) groups excluding carboxylic acids is 2. The summed E-state index contributed by atoms with van der Waals surface area (Å²) in [5.41, 5.74) is 4.69. The van der Waals surface area contributed by atoms with Crippen LogP contribution in [0.25, 0.3) is 0 Å². The zero-order valence-corrected chi connectivity index (χ0v) is 19.7. The van der Waals surface area contributed by atoms with Gasteiger partial charge in [-0.05, 0) is 67.3 Å². The van der Waals surface area contributed by atoms with E-state index in [9.17, 15) is 9.59 Å². The molecule has 0 heterocycles. The average Bonchev–Trinajstić information content (AvgIpc) is 2.76. The molecule has 0 saturated heterocycles. The molecule has 0 aromatic heterocycles. The minimum atomic E-state index is -0.428. The lowest BCUT2D eigenvalue weighted by molar-refractivity contribution is -0.116. The van der Waals surface area contributed by atoms with Gasteiger partial charge in [-0.25, -0.2) is 0 Å². The van der Waals surface area contributed by atoms with Gasteiger partial charge in [-0.1, -0.05) is 55.8 Å². The fourth-order valence-corrected chi connectivity index (χ4v) is 4.58. The van der Waals surface area contributed by atoms with Crippen molar-refractivity contribution in [1.82, 2.24) is 0 Å². The first kappa shape index (κ1) is 23.6. The molecule has 32 heavy (non-hydrogen) atoms. The van der Waals surface area contributed by atoms with E-state index in [1.807, 2.05) is 80.6 Å². The summed E-state index contributed by atoms with van der Waals surface area (Å²) in [4.78, 5) is 26.3. The molecule has 2 N–H and O–H groups in total. The first-order valence-electron chi connectivity index (χ1n) is 11.0. The van der Waals surface area contributed by atoms with Crippen molar-refractivity contribution in [2.75, 3.05) is 10.6 Å². The van der Waals surface area contributed by atoms with Crippen LogP contribution in [0.3, 0.4) is 0 Å².